The standard InChI is InChI=1S/C23H29NO3/c1-23(2,3)18-11-12-20(25)17(15-18)10-9-16-13-21(26)24(22(27)14-16)19-7-5-4-6-8-19/h4-8,10,16,18H,9,11-15H2,1-3H3/b17-10+. The highest BCUT2D eigenvalue weighted by Crippen LogP contribution is 2.39. The largest absolute Gasteiger partial charge is 0.295 e. The van der Waals surface area contributed by atoms with Gasteiger partial charge in [0.05, 0.1) is 5.69 Å². The van der Waals surface area contributed by atoms with Crippen LogP contribution in [0.1, 0.15) is 59.3 Å². The summed E-state index contributed by atoms with van der Waals surface area (Å²) in [5.41, 5.74) is 1.72. The number of rotatable bonds is 3. The third kappa shape index (κ3) is 4.55. The summed E-state index contributed by atoms with van der Waals surface area (Å²) in [4.78, 5) is 38.7. The van der Waals surface area contributed by atoms with Gasteiger partial charge >= 0.3 is 0 Å². The molecular weight excluding hydrogens is 338 g/mol. The Morgan fingerprint density at radius 2 is 1.63 bits per heavy atom. The molecule has 2 aliphatic rings. The van der Waals surface area contributed by atoms with Crippen molar-refractivity contribution in [3.8, 4) is 0 Å². The third-order valence-electron chi connectivity index (χ3n) is 5.91. The van der Waals surface area contributed by atoms with Crippen LogP contribution in [0.3, 0.4) is 0 Å². The molecule has 0 N–H and O–H groups in total. The number of carbonyl (C=O) groups is 3. The van der Waals surface area contributed by atoms with Crippen molar-refractivity contribution in [3.63, 3.8) is 0 Å². The van der Waals surface area contributed by atoms with Crippen LogP contribution >= 0.6 is 0 Å². The van der Waals surface area contributed by atoms with Crippen LogP contribution in [0.4, 0.5) is 5.69 Å². The van der Waals surface area contributed by atoms with E-state index in [9.17, 15) is 14.4 Å². The minimum Gasteiger partial charge on any atom is -0.295 e. The molecule has 0 aromatic heterocycles. The molecule has 1 unspecified atom stereocenters. The second-order valence-corrected chi connectivity index (χ2v) is 8.93. The molecule has 1 saturated carbocycles. The Labute approximate surface area is 161 Å². The second kappa shape index (κ2) is 7.79. The average molecular weight is 367 g/mol. The van der Waals surface area contributed by atoms with Gasteiger partial charge in [0.2, 0.25) is 11.8 Å². The number of allylic oxidation sites excluding steroid dienone is 2. The van der Waals surface area contributed by atoms with E-state index in [0.717, 1.165) is 18.4 Å². The summed E-state index contributed by atoms with van der Waals surface area (Å²) in [6.45, 7) is 6.67. The first kappa shape index (κ1) is 19.5. The van der Waals surface area contributed by atoms with E-state index < -0.39 is 0 Å². The van der Waals surface area contributed by atoms with Crippen molar-refractivity contribution in [3.05, 3.63) is 42.0 Å². The Morgan fingerprint density at radius 3 is 2.22 bits per heavy atom. The Hall–Kier alpha value is -2.23. The van der Waals surface area contributed by atoms with E-state index >= 15 is 0 Å². The Morgan fingerprint density at radius 1 is 1.00 bits per heavy atom. The molecule has 2 amide bonds. The van der Waals surface area contributed by atoms with Crippen LogP contribution in [-0.4, -0.2) is 17.6 Å². The number of para-hydroxylation sites is 1. The van der Waals surface area contributed by atoms with Crippen molar-refractivity contribution in [1.29, 1.82) is 0 Å². The number of imide groups is 1. The van der Waals surface area contributed by atoms with E-state index in [2.05, 4.69) is 20.8 Å². The number of piperidine rings is 1. The number of hydrogen-bond donors (Lipinski definition) is 0. The molecule has 1 aromatic rings. The van der Waals surface area contributed by atoms with Crippen LogP contribution in [0.15, 0.2) is 42.0 Å². The third-order valence-corrected chi connectivity index (χ3v) is 5.91. The van der Waals surface area contributed by atoms with Gasteiger partial charge in [-0.25, -0.2) is 0 Å². The van der Waals surface area contributed by atoms with Crippen LogP contribution in [0.5, 0.6) is 0 Å². The first-order valence-electron chi connectivity index (χ1n) is 9.88. The maximum absolute atomic E-state index is 12.5. The van der Waals surface area contributed by atoms with Gasteiger partial charge in [-0.05, 0) is 54.2 Å². The number of amides is 2. The lowest BCUT2D eigenvalue weighted by atomic mass is 9.70. The summed E-state index contributed by atoms with van der Waals surface area (Å²) in [6, 6.07) is 9.08. The first-order chi connectivity index (χ1) is 12.8. The molecule has 0 bridgehead atoms. The van der Waals surface area contributed by atoms with E-state index in [0.29, 0.717) is 37.3 Å². The molecule has 4 nitrogen and oxygen atoms in total. The molecule has 1 heterocycles. The second-order valence-electron chi connectivity index (χ2n) is 8.93. The van der Waals surface area contributed by atoms with Crippen molar-refractivity contribution in [1.82, 2.24) is 0 Å². The normalized spacial score (nSPS) is 24.0. The topological polar surface area (TPSA) is 54.5 Å². The molecule has 144 valence electrons. The summed E-state index contributed by atoms with van der Waals surface area (Å²) >= 11 is 0. The number of carbonyl (C=O) groups excluding carboxylic acids is 3. The average Bonchev–Trinajstić information content (AvgIpc) is 2.60. The summed E-state index contributed by atoms with van der Waals surface area (Å²) < 4.78 is 0. The fourth-order valence-electron chi connectivity index (χ4n) is 4.11. The zero-order chi connectivity index (χ0) is 19.6. The molecule has 0 spiro atoms. The van der Waals surface area contributed by atoms with Gasteiger partial charge < -0.3 is 0 Å². The molecular formula is C23H29NO3. The fourth-order valence-corrected chi connectivity index (χ4v) is 4.11. The van der Waals surface area contributed by atoms with Crippen LogP contribution in [0.2, 0.25) is 0 Å². The molecule has 1 aliphatic carbocycles. The summed E-state index contributed by atoms with van der Waals surface area (Å²) in [7, 11) is 0. The first-order valence-corrected chi connectivity index (χ1v) is 9.88. The molecule has 27 heavy (non-hydrogen) atoms. The van der Waals surface area contributed by atoms with Crippen molar-refractivity contribution in [2.75, 3.05) is 4.90 Å². The van der Waals surface area contributed by atoms with Gasteiger partial charge in [0.25, 0.3) is 0 Å². The number of Topliss-reactive ketones (excluding diaryl/α,β-unsaturated/α-hetero) is 1. The quantitative estimate of drug-likeness (QED) is 0.575. The van der Waals surface area contributed by atoms with Crippen LogP contribution in [0.25, 0.3) is 0 Å². The molecule has 1 aliphatic heterocycles. The van der Waals surface area contributed by atoms with Gasteiger partial charge in [0.15, 0.2) is 5.78 Å². The number of nitrogens with zero attached hydrogens (tertiary/aromatic N) is 1. The lowest BCUT2D eigenvalue weighted by molar-refractivity contribution is -0.130. The van der Waals surface area contributed by atoms with Gasteiger partial charge in [0, 0.05) is 19.3 Å². The molecule has 1 saturated heterocycles. The molecule has 4 heteroatoms. The van der Waals surface area contributed by atoms with Crippen LogP contribution in [0, 0.1) is 17.3 Å². The highest BCUT2D eigenvalue weighted by molar-refractivity contribution is 6.16. The predicted molar refractivity (Wildman–Crippen MR) is 106 cm³/mol. The molecule has 1 aromatic carbocycles. The molecule has 2 fully saturated rings. The number of benzene rings is 1. The van der Waals surface area contributed by atoms with Gasteiger partial charge in [-0.1, -0.05) is 45.0 Å². The molecule has 0 radical (unpaired) electrons. The maximum Gasteiger partial charge on any atom is 0.234 e. The van der Waals surface area contributed by atoms with Gasteiger partial charge in [-0.2, -0.15) is 0 Å². The molecule has 1 atom stereocenters. The Bertz CT molecular complexity index is 740. The minimum atomic E-state index is -0.150. The number of anilines is 1. The summed E-state index contributed by atoms with van der Waals surface area (Å²) in [5.74, 6) is 0.423. The van der Waals surface area contributed by atoms with Crippen LogP contribution < -0.4 is 4.90 Å². The minimum absolute atomic E-state index is 0.0136. The lowest BCUT2D eigenvalue weighted by Gasteiger charge is -2.34. The number of ketones is 1. The van der Waals surface area contributed by atoms with E-state index in [4.69, 9.17) is 0 Å². The number of hydrogen-bond acceptors (Lipinski definition) is 3. The predicted octanol–water partition coefficient (Wildman–Crippen LogP) is 4.69. The zero-order valence-corrected chi connectivity index (χ0v) is 16.5. The van der Waals surface area contributed by atoms with Gasteiger partial charge in [-0.3, -0.25) is 19.3 Å². The Balaban J connectivity index is 1.65. The van der Waals surface area contributed by atoms with E-state index in [-0.39, 0.29) is 28.9 Å². The smallest absolute Gasteiger partial charge is 0.234 e. The Kier molecular flexibility index (Phi) is 5.64. The fraction of sp³-hybridized carbons (Fsp3) is 0.522. The van der Waals surface area contributed by atoms with E-state index in [1.807, 2.05) is 24.3 Å². The van der Waals surface area contributed by atoms with Crippen LogP contribution in [-0.2, 0) is 14.4 Å². The van der Waals surface area contributed by atoms with Crippen molar-refractivity contribution in [2.45, 2.75) is 59.3 Å². The van der Waals surface area contributed by atoms with Crippen molar-refractivity contribution in [2.24, 2.45) is 17.3 Å². The SMILES string of the molecule is CC(C)(C)C1CCC(=O)/C(=C/CC2CC(=O)N(c3ccccc3)C(=O)C2)C1. The lowest BCUT2D eigenvalue weighted by Crippen LogP contribution is -2.43. The molecule has 3 rings (SSSR count). The monoisotopic (exact) mass is 367 g/mol. The van der Waals surface area contributed by atoms with Gasteiger partial charge in [0.1, 0.15) is 0 Å². The van der Waals surface area contributed by atoms with E-state index in [1.54, 1.807) is 12.1 Å². The summed E-state index contributed by atoms with van der Waals surface area (Å²) in [5, 5.41) is 0. The van der Waals surface area contributed by atoms with Gasteiger partial charge in [-0.15, -0.1) is 0 Å². The van der Waals surface area contributed by atoms with E-state index in [1.165, 1.54) is 4.90 Å². The zero-order valence-electron chi connectivity index (χ0n) is 16.5. The maximum atomic E-state index is 12.5. The highest BCUT2D eigenvalue weighted by Gasteiger charge is 2.34. The van der Waals surface area contributed by atoms with Crippen molar-refractivity contribution < 1.29 is 14.4 Å². The summed E-state index contributed by atoms with van der Waals surface area (Å²) in [6.07, 6.45) is 5.70. The highest BCUT2D eigenvalue weighted by atomic mass is 16.2. The van der Waals surface area contributed by atoms with Crippen molar-refractivity contribution >= 4 is 23.3 Å².